The van der Waals surface area contributed by atoms with E-state index in [1.165, 1.54) is 32.7 Å². The standard InChI is InChI=1S/3C10H14N5O8P.2H3P/c3*11-10-13-7-4(8(18)14-10)12-2-15(7)9-6(17)5(16)3(23-9)1-22-24(19,20)21;;/h3*2-3,5-6,9,16-17H,1H2,(H2,19,20,21)(H3,11,13,14,18);2*1H3/t3*3-,5-,6-,9-;;/m111../s1. The second-order valence-electron chi connectivity index (χ2n) is 15.3. The number of aromatic nitrogens is 12. The molecule has 0 saturated carbocycles. The van der Waals surface area contributed by atoms with E-state index in [4.69, 9.17) is 60.8 Å². The third-order valence-corrected chi connectivity index (χ3v) is 11.9. The lowest BCUT2D eigenvalue weighted by atomic mass is 10.1. The number of nitrogens with two attached hydrogens (primary N) is 3. The van der Waals surface area contributed by atoms with Crippen molar-refractivity contribution >= 4 is 94.6 Å². The Morgan fingerprint density at radius 3 is 0.919 bits per heavy atom. The van der Waals surface area contributed by atoms with Crippen molar-refractivity contribution in [3.05, 3.63) is 50.0 Å². The molecule has 3 aliphatic rings. The van der Waals surface area contributed by atoms with Gasteiger partial charge in [0.1, 0.15) is 54.9 Å². The van der Waals surface area contributed by atoms with E-state index in [0.29, 0.717) is 0 Å². The molecular weight excluding hydrogens is 1110 g/mol. The van der Waals surface area contributed by atoms with Crippen LogP contribution >= 0.6 is 43.3 Å². The molecule has 9 rings (SSSR count). The summed E-state index contributed by atoms with van der Waals surface area (Å²) < 4.78 is 64.7. The summed E-state index contributed by atoms with van der Waals surface area (Å²) >= 11 is 0. The van der Waals surface area contributed by atoms with Crippen LogP contribution in [-0.2, 0) is 41.5 Å². The van der Waals surface area contributed by atoms with Crippen molar-refractivity contribution in [1.29, 1.82) is 0 Å². The number of imidazole rings is 3. The minimum atomic E-state index is -4.76. The van der Waals surface area contributed by atoms with Crippen LogP contribution in [0.15, 0.2) is 33.4 Å². The molecule has 39 nitrogen and oxygen atoms in total. The van der Waals surface area contributed by atoms with Crippen LogP contribution in [0.1, 0.15) is 18.7 Å². The fraction of sp³-hybridized carbons (Fsp3) is 0.500. The van der Waals surface area contributed by atoms with Crippen LogP contribution < -0.4 is 33.9 Å². The van der Waals surface area contributed by atoms with Gasteiger partial charge in [-0.25, -0.2) is 28.6 Å². The second-order valence-corrected chi connectivity index (χ2v) is 19.0. The van der Waals surface area contributed by atoms with Gasteiger partial charge in [0.25, 0.3) is 16.7 Å². The summed E-state index contributed by atoms with van der Waals surface area (Å²) in [6.45, 7) is -1.95. The van der Waals surface area contributed by atoms with Crippen LogP contribution in [0, 0.1) is 0 Å². The molecule has 21 N–H and O–H groups in total. The van der Waals surface area contributed by atoms with Crippen molar-refractivity contribution in [1.82, 2.24) is 58.6 Å². The zero-order valence-electron chi connectivity index (χ0n) is 37.1. The molecule has 74 heavy (non-hydrogen) atoms. The van der Waals surface area contributed by atoms with E-state index in [9.17, 15) is 58.7 Å². The molecule has 14 atom stereocenters. The SMILES string of the molecule is Nc1nc2c(ncn2[C@@H]2O[C@H](COP(=O)(O)O)[C@@H](O)[C@H]2O)c(=O)[nH]1.Nc1nc2c(ncn2[C@@H]2O[C@H](COP(=O)(O)O)[C@@H](O)[C@H]2O)c(=O)[nH]1.Nc1nc2c(ncn2[C@@H]2O[C@H](COP(=O)(O)O)[C@@H](O)[C@H]2O)c(=O)[nH]1.P.P. The lowest BCUT2D eigenvalue weighted by molar-refractivity contribution is -0.0504. The molecular formula is C30H48N15O24P5. The Hall–Kier alpha value is -4.72. The van der Waals surface area contributed by atoms with E-state index in [1.54, 1.807) is 0 Å². The normalized spacial score (nSPS) is 27.1. The average Bonchev–Trinajstić information content (AvgIpc) is 4.13. The Morgan fingerprint density at radius 1 is 0.473 bits per heavy atom. The number of phosphoric acid groups is 3. The number of hydrogen-bond donors (Lipinski definition) is 18. The number of aromatic amines is 3. The molecule has 3 fully saturated rings. The molecule has 0 amide bonds. The number of nitrogen functional groups attached to an aromatic ring is 3. The lowest BCUT2D eigenvalue weighted by Gasteiger charge is -2.16. The van der Waals surface area contributed by atoms with E-state index >= 15 is 0 Å². The van der Waals surface area contributed by atoms with Crippen LogP contribution in [0.5, 0.6) is 0 Å². The number of aliphatic hydroxyl groups excluding tert-OH is 6. The largest absolute Gasteiger partial charge is 0.469 e. The molecule has 9 heterocycles. The summed E-state index contributed by atoms with van der Waals surface area (Å²) in [4.78, 5) is 117. The fourth-order valence-electron chi connectivity index (χ4n) is 7.19. The lowest BCUT2D eigenvalue weighted by Crippen LogP contribution is -2.33. The van der Waals surface area contributed by atoms with Crippen LogP contribution in [0.4, 0.5) is 17.8 Å². The number of phosphoric ester groups is 3. The molecule has 0 bridgehead atoms. The smallest absolute Gasteiger partial charge is 0.387 e. The highest BCUT2D eigenvalue weighted by Crippen LogP contribution is 2.41. The van der Waals surface area contributed by atoms with Crippen molar-refractivity contribution in [2.75, 3.05) is 37.0 Å². The van der Waals surface area contributed by atoms with Crippen LogP contribution in [0.3, 0.4) is 0 Å². The van der Waals surface area contributed by atoms with E-state index in [2.05, 4.69) is 58.4 Å². The zero-order valence-corrected chi connectivity index (χ0v) is 42.6. The number of hydrogen-bond acceptors (Lipinski definition) is 27. The average molecular weight is 1160 g/mol. The predicted molar refractivity (Wildman–Crippen MR) is 252 cm³/mol. The number of nitrogens with zero attached hydrogens (tertiary/aromatic N) is 9. The van der Waals surface area contributed by atoms with Gasteiger partial charge < -0.3 is 91.4 Å². The minimum absolute atomic E-state index is 0. The molecule has 0 radical (unpaired) electrons. The van der Waals surface area contributed by atoms with E-state index in [1.807, 2.05) is 0 Å². The van der Waals surface area contributed by atoms with Gasteiger partial charge in [0.15, 0.2) is 52.2 Å². The number of fused-ring (bicyclic) bond motifs is 3. The van der Waals surface area contributed by atoms with Crippen molar-refractivity contribution < 1.29 is 101 Å². The highest BCUT2D eigenvalue weighted by Gasteiger charge is 2.48. The van der Waals surface area contributed by atoms with Crippen LogP contribution in [0.2, 0.25) is 0 Å². The van der Waals surface area contributed by atoms with E-state index in [-0.39, 0.29) is 71.1 Å². The van der Waals surface area contributed by atoms with Gasteiger partial charge in [-0.3, -0.25) is 56.6 Å². The Balaban J connectivity index is 0.000000203. The monoisotopic (exact) mass is 1160 g/mol. The topological polar surface area (TPSA) is 618 Å². The van der Waals surface area contributed by atoms with Gasteiger partial charge in [-0.1, -0.05) is 0 Å². The quantitative estimate of drug-likeness (QED) is 0.0506. The van der Waals surface area contributed by atoms with Gasteiger partial charge in [0.2, 0.25) is 17.8 Å². The Bertz CT molecular complexity index is 2930. The number of anilines is 3. The third kappa shape index (κ3) is 13.4. The van der Waals surface area contributed by atoms with Crippen molar-refractivity contribution in [3.63, 3.8) is 0 Å². The molecule has 3 aliphatic heterocycles. The summed E-state index contributed by atoms with van der Waals surface area (Å²) in [5, 5.41) is 60.2. The molecule has 0 aliphatic carbocycles. The Labute approximate surface area is 414 Å². The van der Waals surface area contributed by atoms with Crippen molar-refractivity contribution in [2.45, 2.75) is 73.6 Å². The molecule has 3 saturated heterocycles. The summed E-state index contributed by atoms with van der Waals surface area (Å²) in [5.74, 6) is -0.531. The second kappa shape index (κ2) is 23.3. The first-order valence-corrected chi connectivity index (χ1v) is 24.4. The minimum Gasteiger partial charge on any atom is -0.387 e. The third-order valence-electron chi connectivity index (χ3n) is 10.4. The summed E-state index contributed by atoms with van der Waals surface area (Å²) in [6, 6.07) is 0. The van der Waals surface area contributed by atoms with Gasteiger partial charge in [-0.05, 0) is 0 Å². The number of aliphatic hydroxyl groups is 6. The van der Waals surface area contributed by atoms with Crippen molar-refractivity contribution in [2.24, 2.45) is 0 Å². The van der Waals surface area contributed by atoms with E-state index in [0.717, 1.165) is 0 Å². The predicted octanol–water partition coefficient (Wildman–Crippen LogP) is -7.59. The highest BCUT2D eigenvalue weighted by molar-refractivity contribution is 7.46. The number of nitrogens with one attached hydrogen (secondary N) is 3. The maximum atomic E-state index is 11.7. The maximum Gasteiger partial charge on any atom is 0.469 e. The number of rotatable bonds is 12. The molecule has 2 unspecified atom stereocenters. The van der Waals surface area contributed by atoms with Gasteiger partial charge in [-0.15, -0.1) is 0 Å². The van der Waals surface area contributed by atoms with Gasteiger partial charge >= 0.3 is 23.5 Å². The van der Waals surface area contributed by atoms with Crippen molar-refractivity contribution in [3.8, 4) is 0 Å². The maximum absolute atomic E-state index is 11.7. The molecule has 0 aromatic carbocycles. The summed E-state index contributed by atoms with van der Waals surface area (Å²) in [7, 11) is -14.3. The Morgan fingerprint density at radius 2 is 0.703 bits per heavy atom. The van der Waals surface area contributed by atoms with Gasteiger partial charge in [-0.2, -0.15) is 34.7 Å². The molecule has 44 heteroatoms. The fourth-order valence-corrected chi connectivity index (χ4v) is 8.21. The van der Waals surface area contributed by atoms with Gasteiger partial charge in [0, 0.05) is 0 Å². The first-order chi connectivity index (χ1) is 33.5. The van der Waals surface area contributed by atoms with Crippen LogP contribution in [0.25, 0.3) is 33.5 Å². The number of H-pyrrole nitrogens is 3. The first kappa shape index (κ1) is 60.1. The Kier molecular flexibility index (Phi) is 18.9. The zero-order chi connectivity index (χ0) is 52.9. The molecule has 6 aromatic heterocycles. The molecule has 6 aromatic rings. The highest BCUT2D eigenvalue weighted by atomic mass is 31.2. The summed E-state index contributed by atoms with van der Waals surface area (Å²) in [6.07, 6.45) is -12.6. The molecule has 412 valence electrons. The number of ether oxygens (including phenoxy) is 3. The van der Waals surface area contributed by atoms with Crippen LogP contribution in [-0.4, -0.2) is 193 Å². The van der Waals surface area contributed by atoms with Gasteiger partial charge in [0.05, 0.1) is 38.8 Å². The molecule has 0 spiro atoms. The summed E-state index contributed by atoms with van der Waals surface area (Å²) in [5.41, 5.74) is 14.5. The first-order valence-electron chi connectivity index (χ1n) is 19.8. The van der Waals surface area contributed by atoms with E-state index < -0.39 is 134 Å².